The molecular formula is C35H31N3O6S2. The first-order valence-corrected chi connectivity index (χ1v) is 17.0. The first-order valence-electron chi connectivity index (χ1n) is 15.3. The molecule has 7 atom stereocenters. The number of para-hydroxylation sites is 2. The van der Waals surface area contributed by atoms with Gasteiger partial charge in [0.05, 0.1) is 29.7 Å². The number of nitrogens with zero attached hydrogens (tertiary/aromatic N) is 1. The average molecular weight is 654 g/mol. The number of ether oxygens (including phenoxy) is 2. The molecule has 3 fully saturated rings. The zero-order valence-electron chi connectivity index (χ0n) is 25.1. The third kappa shape index (κ3) is 4.51. The quantitative estimate of drug-likeness (QED) is 0.255. The van der Waals surface area contributed by atoms with Crippen molar-refractivity contribution in [3.8, 4) is 11.5 Å². The van der Waals surface area contributed by atoms with Crippen LogP contribution in [0.5, 0.6) is 11.5 Å². The van der Waals surface area contributed by atoms with Crippen LogP contribution in [-0.4, -0.2) is 41.7 Å². The number of fused-ring (bicyclic) bond motifs is 9. The van der Waals surface area contributed by atoms with Crippen LogP contribution in [0.3, 0.4) is 0 Å². The second kappa shape index (κ2) is 11.2. The van der Waals surface area contributed by atoms with Crippen LogP contribution >= 0.6 is 23.1 Å². The summed E-state index contributed by atoms with van der Waals surface area (Å²) < 4.78 is 11.5. The van der Waals surface area contributed by atoms with Crippen LogP contribution < -0.4 is 24.6 Å². The Morgan fingerprint density at radius 1 is 0.957 bits per heavy atom. The van der Waals surface area contributed by atoms with Gasteiger partial charge in [0.15, 0.2) is 6.61 Å². The molecule has 1 aromatic heterocycles. The number of methoxy groups -OCH3 is 1. The minimum absolute atomic E-state index is 0.00304. The van der Waals surface area contributed by atoms with Crippen LogP contribution in [0.4, 0.5) is 11.4 Å². The second-order valence-electron chi connectivity index (χ2n) is 12.4. The standard InChI is InChI=1S/C35H31N3O6S2/c1-17-7-3-5-9-23(17)36-25(39)16-44-24-10-6-4-8-20(24)26-27-21-15-22(30(27)45-32-31(26)46-35(42)37-32)29-28(21)33(40)38(34(29)41)18-11-13-19(43-2)14-12-18/h3-14,21-22,26-30H,15-16H2,1-2H3,(H,36,39)(H,37,42)/t21-,22-,26+,27-,28+,29+,30-/m1/s1. The third-order valence-electron chi connectivity index (χ3n) is 10.1. The maximum Gasteiger partial charge on any atom is 0.305 e. The summed E-state index contributed by atoms with van der Waals surface area (Å²) in [6.07, 6.45) is 0.781. The summed E-state index contributed by atoms with van der Waals surface area (Å²) >= 11 is 2.83. The summed E-state index contributed by atoms with van der Waals surface area (Å²) in [7, 11) is 1.58. The lowest BCUT2D eigenvalue weighted by Crippen LogP contribution is -2.42. The molecule has 2 saturated carbocycles. The number of nitrogens with one attached hydrogen (secondary N) is 2. The molecule has 1 saturated heterocycles. The molecule has 3 heterocycles. The van der Waals surface area contributed by atoms with Gasteiger partial charge in [-0.05, 0) is 73.1 Å². The van der Waals surface area contributed by atoms with Gasteiger partial charge in [0.25, 0.3) is 5.91 Å². The van der Waals surface area contributed by atoms with Crippen molar-refractivity contribution >= 4 is 52.2 Å². The Hall–Kier alpha value is -4.35. The number of H-pyrrole nitrogens is 1. The molecule has 2 bridgehead atoms. The molecule has 2 N–H and O–H groups in total. The first-order chi connectivity index (χ1) is 22.3. The van der Waals surface area contributed by atoms with Crippen molar-refractivity contribution in [2.75, 3.05) is 23.9 Å². The van der Waals surface area contributed by atoms with E-state index in [1.54, 1.807) is 43.1 Å². The smallest absolute Gasteiger partial charge is 0.305 e. The molecule has 8 rings (SSSR count). The summed E-state index contributed by atoms with van der Waals surface area (Å²) in [6.45, 7) is 1.75. The van der Waals surface area contributed by atoms with E-state index in [1.165, 1.54) is 16.2 Å². The van der Waals surface area contributed by atoms with Crippen LogP contribution in [0.1, 0.15) is 28.3 Å². The maximum atomic E-state index is 14.1. The highest BCUT2D eigenvalue weighted by molar-refractivity contribution is 8.00. The van der Waals surface area contributed by atoms with E-state index in [0.717, 1.165) is 33.1 Å². The average Bonchev–Trinajstić information content (AvgIpc) is 3.80. The van der Waals surface area contributed by atoms with Crippen molar-refractivity contribution < 1.29 is 23.9 Å². The van der Waals surface area contributed by atoms with E-state index < -0.39 is 11.8 Å². The number of aromatic amines is 1. The lowest BCUT2D eigenvalue weighted by Gasteiger charge is -2.43. The molecule has 0 unspecified atom stereocenters. The van der Waals surface area contributed by atoms with Gasteiger partial charge in [-0.2, -0.15) is 0 Å². The highest BCUT2D eigenvalue weighted by atomic mass is 32.2. The van der Waals surface area contributed by atoms with E-state index in [2.05, 4.69) is 10.3 Å². The van der Waals surface area contributed by atoms with E-state index in [-0.39, 0.29) is 58.1 Å². The zero-order chi connectivity index (χ0) is 31.7. The van der Waals surface area contributed by atoms with Crippen LogP contribution in [-0.2, 0) is 14.4 Å². The van der Waals surface area contributed by atoms with E-state index in [9.17, 15) is 19.2 Å². The highest BCUT2D eigenvalue weighted by Crippen LogP contribution is 2.69. The number of aryl methyl sites for hydroxylation is 1. The minimum Gasteiger partial charge on any atom is -0.497 e. The molecule has 9 nitrogen and oxygen atoms in total. The molecule has 2 aliphatic carbocycles. The van der Waals surface area contributed by atoms with Crippen LogP contribution in [0.25, 0.3) is 0 Å². The van der Waals surface area contributed by atoms with Crippen molar-refractivity contribution in [2.24, 2.45) is 29.6 Å². The number of carbonyl (C=O) groups is 3. The predicted molar refractivity (Wildman–Crippen MR) is 176 cm³/mol. The Morgan fingerprint density at radius 3 is 2.43 bits per heavy atom. The van der Waals surface area contributed by atoms with Crippen molar-refractivity contribution in [1.82, 2.24) is 4.98 Å². The lowest BCUT2D eigenvalue weighted by atomic mass is 9.68. The van der Waals surface area contributed by atoms with E-state index in [0.29, 0.717) is 17.2 Å². The van der Waals surface area contributed by atoms with E-state index >= 15 is 0 Å². The zero-order valence-corrected chi connectivity index (χ0v) is 26.7. The first kappa shape index (κ1) is 29.1. The molecule has 0 spiro atoms. The van der Waals surface area contributed by atoms with Crippen molar-refractivity contribution in [2.45, 2.75) is 29.5 Å². The number of imide groups is 1. The van der Waals surface area contributed by atoms with Gasteiger partial charge in [-0.15, -0.1) is 11.8 Å². The van der Waals surface area contributed by atoms with Crippen LogP contribution in [0.2, 0.25) is 0 Å². The summed E-state index contributed by atoms with van der Waals surface area (Å²) in [5.74, 6) is -0.424. The predicted octanol–water partition coefficient (Wildman–Crippen LogP) is 5.45. The Labute approximate surface area is 273 Å². The Morgan fingerprint density at radius 2 is 1.67 bits per heavy atom. The highest BCUT2D eigenvalue weighted by Gasteiger charge is 2.69. The number of rotatable bonds is 7. The van der Waals surface area contributed by atoms with Gasteiger partial charge in [0.1, 0.15) is 11.5 Å². The van der Waals surface area contributed by atoms with Gasteiger partial charge < -0.3 is 19.8 Å². The number of carbonyl (C=O) groups excluding carboxylic acids is 3. The molecule has 0 radical (unpaired) electrons. The summed E-state index contributed by atoms with van der Waals surface area (Å²) in [4.78, 5) is 58.8. The lowest BCUT2D eigenvalue weighted by molar-refractivity contribution is -0.123. The van der Waals surface area contributed by atoms with Crippen molar-refractivity contribution in [1.29, 1.82) is 0 Å². The number of amides is 3. The van der Waals surface area contributed by atoms with Gasteiger partial charge in [-0.25, -0.2) is 0 Å². The Balaban J connectivity index is 1.12. The summed E-state index contributed by atoms with van der Waals surface area (Å²) in [6, 6.07) is 22.3. The number of aromatic nitrogens is 1. The van der Waals surface area contributed by atoms with Crippen molar-refractivity contribution in [3.63, 3.8) is 0 Å². The van der Waals surface area contributed by atoms with Gasteiger partial charge in [-0.1, -0.05) is 47.7 Å². The molecule has 234 valence electrons. The van der Waals surface area contributed by atoms with E-state index in [4.69, 9.17) is 9.47 Å². The molecule has 4 aliphatic rings. The third-order valence-corrected chi connectivity index (χ3v) is 12.7. The summed E-state index contributed by atoms with van der Waals surface area (Å²) in [5, 5.41) is 3.78. The number of hydrogen-bond donors (Lipinski definition) is 2. The largest absolute Gasteiger partial charge is 0.497 e. The number of benzene rings is 3. The number of thioether (sulfide) groups is 1. The van der Waals surface area contributed by atoms with Crippen LogP contribution in [0.15, 0.2) is 82.6 Å². The minimum atomic E-state index is -0.422. The fourth-order valence-corrected chi connectivity index (χ4v) is 11.1. The van der Waals surface area contributed by atoms with Gasteiger partial charge in [-0.3, -0.25) is 24.1 Å². The fourth-order valence-electron chi connectivity index (χ4n) is 8.26. The maximum absolute atomic E-state index is 14.1. The van der Waals surface area contributed by atoms with Crippen molar-refractivity contribution in [3.05, 3.63) is 98.5 Å². The molecule has 4 aromatic rings. The molecule has 11 heteroatoms. The fraction of sp³-hybridized carbons (Fsp3) is 0.314. The normalized spacial score (nSPS) is 27.3. The molecule has 3 amide bonds. The van der Waals surface area contributed by atoms with Gasteiger partial charge >= 0.3 is 4.87 Å². The monoisotopic (exact) mass is 653 g/mol. The van der Waals surface area contributed by atoms with E-state index in [1.807, 2.05) is 55.5 Å². The Kier molecular flexibility index (Phi) is 7.06. The number of hydrogen-bond acceptors (Lipinski definition) is 8. The number of thiazole rings is 1. The van der Waals surface area contributed by atoms with Crippen LogP contribution in [0, 0.1) is 36.5 Å². The molecule has 46 heavy (non-hydrogen) atoms. The van der Waals surface area contributed by atoms with Gasteiger partial charge in [0, 0.05) is 27.3 Å². The number of anilines is 2. The molecular weight excluding hydrogens is 623 g/mol. The Bertz CT molecular complexity index is 1940. The SMILES string of the molecule is COc1ccc(N2C(=O)[C@H]3[C@H]4C[C@@H]([C@@H]3C2=O)[C@@H]2[C@H](c3ccccc3OCC(=O)Nc3ccccc3C)c3sc(=O)[nH]c3S[C@H]42)cc1. The second-order valence-corrected chi connectivity index (χ2v) is 14.6. The topological polar surface area (TPSA) is 118 Å². The molecule has 3 aromatic carbocycles. The summed E-state index contributed by atoms with van der Waals surface area (Å²) in [5.41, 5.74) is 3.13. The molecule has 2 aliphatic heterocycles. The van der Waals surface area contributed by atoms with Gasteiger partial charge in [0.2, 0.25) is 11.8 Å².